The van der Waals surface area contributed by atoms with Gasteiger partial charge in [-0.2, -0.15) is 0 Å². The number of aryl methyl sites for hydroxylation is 1. The summed E-state index contributed by atoms with van der Waals surface area (Å²) in [5.74, 6) is -0.710. The maximum absolute atomic E-state index is 13.5. The summed E-state index contributed by atoms with van der Waals surface area (Å²) in [4.78, 5) is 27.6. The normalized spacial score (nSPS) is 12.2. The lowest BCUT2D eigenvalue weighted by Gasteiger charge is -2.32. The summed E-state index contributed by atoms with van der Waals surface area (Å²) in [5.41, 5.74) is 2.32. The van der Waals surface area contributed by atoms with Crippen LogP contribution in [0.3, 0.4) is 0 Å². The van der Waals surface area contributed by atoms with Crippen molar-refractivity contribution >= 4 is 43.5 Å². The van der Waals surface area contributed by atoms with E-state index in [-0.39, 0.29) is 12.5 Å². The number of rotatable bonds is 10. The van der Waals surface area contributed by atoms with E-state index < -0.39 is 28.5 Å². The maximum Gasteiger partial charge on any atom is 0.244 e. The van der Waals surface area contributed by atoms with E-state index in [2.05, 4.69) is 21.2 Å². The molecule has 2 rings (SSSR count). The monoisotopic (exact) mass is 523 g/mol. The molecule has 2 aromatic carbocycles. The molecular weight excluding hydrogens is 494 g/mol. The quantitative estimate of drug-likeness (QED) is 0.516. The zero-order valence-electron chi connectivity index (χ0n) is 18.8. The first kappa shape index (κ1) is 25.9. The first-order valence-electron chi connectivity index (χ1n) is 10.4. The number of hydrogen-bond donors (Lipinski definition) is 1. The molecule has 174 valence electrons. The van der Waals surface area contributed by atoms with Crippen LogP contribution in [0.15, 0.2) is 53.0 Å². The minimum absolute atomic E-state index is 0.199. The molecule has 0 aliphatic heterocycles. The maximum atomic E-state index is 13.5. The second kappa shape index (κ2) is 11.5. The van der Waals surface area contributed by atoms with Crippen LogP contribution in [0.2, 0.25) is 0 Å². The van der Waals surface area contributed by atoms with Crippen molar-refractivity contribution in [3.8, 4) is 0 Å². The highest BCUT2D eigenvalue weighted by Gasteiger charge is 2.31. The lowest BCUT2D eigenvalue weighted by molar-refractivity contribution is -0.140. The van der Waals surface area contributed by atoms with E-state index in [4.69, 9.17) is 0 Å². The Kier molecular flexibility index (Phi) is 9.27. The molecule has 0 heterocycles. The Balaban J connectivity index is 2.42. The lowest BCUT2D eigenvalue weighted by Crippen LogP contribution is -2.52. The number of halogens is 1. The fourth-order valence-corrected chi connectivity index (χ4v) is 4.58. The Morgan fingerprint density at radius 2 is 1.75 bits per heavy atom. The van der Waals surface area contributed by atoms with Crippen LogP contribution in [-0.2, 0) is 26.2 Å². The zero-order valence-corrected chi connectivity index (χ0v) is 21.2. The number of carbonyl (C=O) groups is 2. The third kappa shape index (κ3) is 7.06. The fourth-order valence-electron chi connectivity index (χ4n) is 3.35. The smallest absolute Gasteiger partial charge is 0.244 e. The number of likely N-dealkylation sites (N-methyl/N-ethyl adjacent to an activating group) is 1. The molecule has 7 nitrogen and oxygen atoms in total. The molecule has 0 fully saturated rings. The molecule has 1 atom stereocenters. The van der Waals surface area contributed by atoms with Gasteiger partial charge in [-0.15, -0.1) is 0 Å². The van der Waals surface area contributed by atoms with Gasteiger partial charge >= 0.3 is 0 Å². The number of amides is 2. The first-order valence-corrected chi connectivity index (χ1v) is 13.1. The van der Waals surface area contributed by atoms with E-state index in [1.807, 2.05) is 45.0 Å². The van der Waals surface area contributed by atoms with Crippen LogP contribution in [0.5, 0.6) is 0 Å². The van der Waals surface area contributed by atoms with Crippen molar-refractivity contribution in [3.05, 3.63) is 64.1 Å². The van der Waals surface area contributed by atoms with Crippen molar-refractivity contribution in [2.75, 3.05) is 23.7 Å². The average Bonchev–Trinajstić information content (AvgIpc) is 2.72. The highest BCUT2D eigenvalue weighted by atomic mass is 79.9. The van der Waals surface area contributed by atoms with Crippen LogP contribution in [-0.4, -0.2) is 50.5 Å². The van der Waals surface area contributed by atoms with Crippen LogP contribution in [0.25, 0.3) is 0 Å². The molecule has 2 amide bonds. The summed E-state index contributed by atoms with van der Waals surface area (Å²) in [6.07, 6.45) is 1.46. The summed E-state index contributed by atoms with van der Waals surface area (Å²) in [7, 11) is -3.74. The van der Waals surface area contributed by atoms with Crippen molar-refractivity contribution in [3.63, 3.8) is 0 Å². The highest BCUT2D eigenvalue weighted by Crippen LogP contribution is 2.23. The third-order valence-corrected chi connectivity index (χ3v) is 6.62. The molecule has 0 aliphatic carbocycles. The molecule has 0 unspecified atom stereocenters. The highest BCUT2D eigenvalue weighted by molar-refractivity contribution is 9.10. The van der Waals surface area contributed by atoms with E-state index in [9.17, 15) is 18.0 Å². The minimum atomic E-state index is -3.74. The molecule has 0 saturated heterocycles. The molecule has 0 aromatic heterocycles. The fraction of sp³-hybridized carbons (Fsp3) is 0.391. The number of benzene rings is 2. The van der Waals surface area contributed by atoms with Gasteiger partial charge in [-0.1, -0.05) is 58.7 Å². The van der Waals surface area contributed by atoms with Gasteiger partial charge in [0.2, 0.25) is 21.8 Å². The summed E-state index contributed by atoms with van der Waals surface area (Å²) in [6, 6.07) is 13.7. The number of nitrogens with zero attached hydrogens (tertiary/aromatic N) is 2. The van der Waals surface area contributed by atoms with Gasteiger partial charge in [0.25, 0.3) is 0 Å². The Labute approximate surface area is 199 Å². The van der Waals surface area contributed by atoms with E-state index >= 15 is 0 Å². The van der Waals surface area contributed by atoms with E-state index in [1.165, 1.54) is 4.90 Å². The van der Waals surface area contributed by atoms with E-state index in [1.54, 1.807) is 24.3 Å². The van der Waals surface area contributed by atoms with Crippen molar-refractivity contribution in [2.24, 2.45) is 0 Å². The van der Waals surface area contributed by atoms with Gasteiger partial charge in [0.1, 0.15) is 12.6 Å². The molecule has 1 N–H and O–H groups in total. The number of nitrogens with one attached hydrogen (secondary N) is 1. The largest absolute Gasteiger partial charge is 0.355 e. The minimum Gasteiger partial charge on any atom is -0.355 e. The number of carbonyl (C=O) groups excluding carboxylic acids is 2. The van der Waals surface area contributed by atoms with Gasteiger partial charge in [0.15, 0.2) is 0 Å². The van der Waals surface area contributed by atoms with Crippen molar-refractivity contribution in [2.45, 2.75) is 39.8 Å². The SMILES string of the molecule is CCNC(=O)[C@@H](CC)N(Cc1ccc(C)cc1)C(=O)CN(c1cccc(Br)c1)S(C)(=O)=O. The second-order valence-corrected chi connectivity index (χ2v) is 10.4. The van der Waals surface area contributed by atoms with Crippen LogP contribution in [0, 0.1) is 6.92 Å². The van der Waals surface area contributed by atoms with Gasteiger partial charge in [0, 0.05) is 17.6 Å². The predicted octanol–water partition coefficient (Wildman–Crippen LogP) is 3.47. The predicted molar refractivity (Wildman–Crippen MR) is 131 cm³/mol. The molecule has 0 radical (unpaired) electrons. The van der Waals surface area contributed by atoms with Gasteiger partial charge in [-0.3, -0.25) is 13.9 Å². The molecule has 0 spiro atoms. The Morgan fingerprint density at radius 3 is 2.28 bits per heavy atom. The van der Waals surface area contributed by atoms with E-state index in [0.29, 0.717) is 23.1 Å². The summed E-state index contributed by atoms with van der Waals surface area (Å²) >= 11 is 3.34. The molecule has 32 heavy (non-hydrogen) atoms. The number of hydrogen-bond acceptors (Lipinski definition) is 4. The summed E-state index contributed by atoms with van der Waals surface area (Å²) in [6.45, 7) is 5.85. The molecule has 0 saturated carbocycles. The van der Waals surface area contributed by atoms with E-state index in [0.717, 1.165) is 21.7 Å². The lowest BCUT2D eigenvalue weighted by atomic mass is 10.1. The Morgan fingerprint density at radius 1 is 1.09 bits per heavy atom. The van der Waals surface area contributed by atoms with Crippen LogP contribution in [0.4, 0.5) is 5.69 Å². The van der Waals surface area contributed by atoms with Gasteiger partial charge in [-0.25, -0.2) is 8.42 Å². The van der Waals surface area contributed by atoms with Gasteiger partial charge in [0.05, 0.1) is 11.9 Å². The molecule has 0 aliphatic rings. The van der Waals surface area contributed by atoms with Gasteiger partial charge in [-0.05, 0) is 44.0 Å². The van der Waals surface area contributed by atoms with Crippen LogP contribution in [0.1, 0.15) is 31.4 Å². The summed E-state index contributed by atoms with van der Waals surface area (Å²) < 4.78 is 26.8. The topological polar surface area (TPSA) is 86.8 Å². The molecule has 0 bridgehead atoms. The number of anilines is 1. The standard InChI is InChI=1S/C23H30BrN3O4S/c1-5-21(23(29)25-6-2)26(15-18-12-10-17(3)11-13-18)22(28)16-27(32(4,30)31)20-9-7-8-19(24)14-20/h7-14,21H,5-6,15-16H2,1-4H3,(H,25,29)/t21-/m1/s1. The zero-order chi connectivity index (χ0) is 23.9. The van der Waals surface area contributed by atoms with Gasteiger partial charge < -0.3 is 10.2 Å². The molecular formula is C23H30BrN3O4S. The Bertz CT molecular complexity index is 1040. The average molecular weight is 524 g/mol. The van der Waals surface area contributed by atoms with Crippen LogP contribution >= 0.6 is 15.9 Å². The number of sulfonamides is 1. The molecule has 9 heteroatoms. The second-order valence-electron chi connectivity index (χ2n) is 7.58. The summed E-state index contributed by atoms with van der Waals surface area (Å²) in [5, 5.41) is 2.78. The Hall–Kier alpha value is -2.39. The first-order chi connectivity index (χ1) is 15.1. The molecule has 2 aromatic rings. The third-order valence-electron chi connectivity index (χ3n) is 4.99. The van der Waals surface area contributed by atoms with Crippen molar-refractivity contribution in [1.82, 2.24) is 10.2 Å². The van der Waals surface area contributed by atoms with Crippen LogP contribution < -0.4 is 9.62 Å². The van der Waals surface area contributed by atoms with Crippen molar-refractivity contribution in [1.29, 1.82) is 0 Å². The van der Waals surface area contributed by atoms with Crippen molar-refractivity contribution < 1.29 is 18.0 Å².